The Morgan fingerprint density at radius 1 is 1.14 bits per heavy atom. The van der Waals surface area contributed by atoms with Crippen LogP contribution in [0.2, 0.25) is 0 Å². The molecule has 1 N–H and O–H groups in total. The van der Waals surface area contributed by atoms with Gasteiger partial charge >= 0.3 is 0 Å². The normalized spacial score (nSPS) is 19.4. The van der Waals surface area contributed by atoms with Gasteiger partial charge in [0.25, 0.3) is 0 Å². The van der Waals surface area contributed by atoms with Gasteiger partial charge in [0.2, 0.25) is 0 Å². The van der Waals surface area contributed by atoms with E-state index in [-0.39, 0.29) is 0 Å². The van der Waals surface area contributed by atoms with Crippen LogP contribution in [0.1, 0.15) is 11.7 Å². The fourth-order valence-corrected chi connectivity index (χ4v) is 2.00. The van der Waals surface area contributed by atoms with Crippen LogP contribution in [-0.4, -0.2) is 11.7 Å². The maximum absolute atomic E-state index is 9.75. The number of rotatable bonds is 0. The molecule has 1 atom stereocenters. The topological polar surface area (TPSA) is 29.5 Å². The second-order valence-corrected chi connectivity index (χ2v) is 3.53. The van der Waals surface area contributed by atoms with Crippen molar-refractivity contribution in [3.63, 3.8) is 0 Å². The van der Waals surface area contributed by atoms with Crippen molar-refractivity contribution in [2.75, 3.05) is 6.61 Å². The summed E-state index contributed by atoms with van der Waals surface area (Å²) in [4.78, 5) is 0. The summed E-state index contributed by atoms with van der Waals surface area (Å²) >= 11 is 0. The summed E-state index contributed by atoms with van der Waals surface area (Å²) in [7, 11) is 0. The lowest BCUT2D eigenvalue weighted by Gasteiger charge is -2.05. The Bertz CT molecular complexity index is 491. The third kappa shape index (κ3) is 0.946. The van der Waals surface area contributed by atoms with Gasteiger partial charge in [-0.25, -0.2) is 0 Å². The Balaban J connectivity index is 2.41. The van der Waals surface area contributed by atoms with E-state index in [1.165, 1.54) is 0 Å². The fraction of sp³-hybridized carbons (Fsp3) is 0.167. The highest BCUT2D eigenvalue weighted by atomic mass is 16.5. The predicted molar refractivity (Wildman–Crippen MR) is 54.4 cm³/mol. The minimum absolute atomic E-state index is 0.378. The van der Waals surface area contributed by atoms with Crippen LogP contribution in [0.3, 0.4) is 0 Å². The molecule has 70 valence electrons. The van der Waals surface area contributed by atoms with E-state index in [1.807, 2.05) is 36.4 Å². The van der Waals surface area contributed by atoms with E-state index in [1.54, 1.807) is 0 Å². The zero-order chi connectivity index (χ0) is 9.54. The van der Waals surface area contributed by atoms with Crippen LogP contribution in [0.25, 0.3) is 10.8 Å². The van der Waals surface area contributed by atoms with Crippen molar-refractivity contribution in [1.82, 2.24) is 0 Å². The Morgan fingerprint density at radius 2 is 2.00 bits per heavy atom. The maximum atomic E-state index is 9.75. The van der Waals surface area contributed by atoms with Crippen LogP contribution >= 0.6 is 0 Å². The number of hydrogen-bond acceptors (Lipinski definition) is 2. The molecule has 2 aromatic rings. The van der Waals surface area contributed by atoms with Gasteiger partial charge in [0.1, 0.15) is 18.5 Å². The first kappa shape index (κ1) is 7.83. The van der Waals surface area contributed by atoms with E-state index in [0.717, 1.165) is 22.1 Å². The standard InChI is InChI=1S/C12H10O2/c13-10-7-14-11-6-5-8-3-1-2-4-9(8)12(10)11/h1-6,10,13H,7H2. The summed E-state index contributed by atoms with van der Waals surface area (Å²) in [6, 6.07) is 12.0. The van der Waals surface area contributed by atoms with Gasteiger partial charge in [-0.15, -0.1) is 0 Å². The minimum atomic E-state index is -0.476. The summed E-state index contributed by atoms with van der Waals surface area (Å²) < 4.78 is 5.37. The molecule has 2 nitrogen and oxygen atoms in total. The summed E-state index contributed by atoms with van der Waals surface area (Å²) in [5.74, 6) is 0.816. The molecule has 0 aliphatic carbocycles. The molecule has 3 rings (SSSR count). The number of benzene rings is 2. The Labute approximate surface area is 81.7 Å². The molecule has 0 amide bonds. The van der Waals surface area contributed by atoms with E-state index in [2.05, 4.69) is 0 Å². The molecular formula is C12H10O2. The second kappa shape index (κ2) is 2.72. The SMILES string of the molecule is OC1COc2ccc3ccccc3c21. The zero-order valence-electron chi connectivity index (χ0n) is 7.60. The number of ether oxygens (including phenoxy) is 1. The number of aliphatic hydroxyl groups excluding tert-OH is 1. The average molecular weight is 186 g/mol. The molecule has 0 fully saturated rings. The largest absolute Gasteiger partial charge is 0.490 e. The lowest BCUT2D eigenvalue weighted by atomic mass is 10.0. The van der Waals surface area contributed by atoms with Crippen molar-refractivity contribution in [1.29, 1.82) is 0 Å². The smallest absolute Gasteiger partial charge is 0.126 e. The summed E-state index contributed by atoms with van der Waals surface area (Å²) in [6.07, 6.45) is -0.476. The minimum Gasteiger partial charge on any atom is -0.490 e. The zero-order valence-corrected chi connectivity index (χ0v) is 7.60. The molecule has 0 saturated heterocycles. The third-order valence-electron chi connectivity index (χ3n) is 2.66. The van der Waals surface area contributed by atoms with Crippen LogP contribution < -0.4 is 4.74 Å². The lowest BCUT2D eigenvalue weighted by Crippen LogP contribution is -1.97. The molecule has 0 radical (unpaired) electrons. The quantitative estimate of drug-likeness (QED) is 0.683. The van der Waals surface area contributed by atoms with Crippen molar-refractivity contribution in [2.45, 2.75) is 6.10 Å². The van der Waals surface area contributed by atoms with Crippen LogP contribution in [-0.2, 0) is 0 Å². The third-order valence-corrected chi connectivity index (χ3v) is 2.66. The molecule has 0 saturated carbocycles. The predicted octanol–water partition coefficient (Wildman–Crippen LogP) is 2.27. The molecule has 0 bridgehead atoms. The number of aliphatic hydroxyl groups is 1. The van der Waals surface area contributed by atoms with Crippen LogP contribution in [0, 0.1) is 0 Å². The van der Waals surface area contributed by atoms with Gasteiger partial charge in [-0.1, -0.05) is 30.3 Å². The van der Waals surface area contributed by atoms with Crippen LogP contribution in [0.5, 0.6) is 5.75 Å². The summed E-state index contributed by atoms with van der Waals surface area (Å²) in [5.41, 5.74) is 0.933. The van der Waals surface area contributed by atoms with Crippen molar-refractivity contribution < 1.29 is 9.84 Å². The highest BCUT2D eigenvalue weighted by molar-refractivity contribution is 5.88. The van der Waals surface area contributed by atoms with E-state index >= 15 is 0 Å². The molecule has 1 heterocycles. The molecule has 2 aromatic carbocycles. The first-order valence-corrected chi connectivity index (χ1v) is 4.69. The van der Waals surface area contributed by atoms with E-state index in [0.29, 0.717) is 6.61 Å². The van der Waals surface area contributed by atoms with E-state index < -0.39 is 6.10 Å². The molecule has 2 heteroatoms. The highest BCUT2D eigenvalue weighted by Crippen LogP contribution is 2.37. The van der Waals surface area contributed by atoms with Crippen LogP contribution in [0.15, 0.2) is 36.4 Å². The number of hydrogen-bond donors (Lipinski definition) is 1. The molecule has 0 spiro atoms. The maximum Gasteiger partial charge on any atom is 0.126 e. The van der Waals surface area contributed by atoms with Crippen molar-refractivity contribution in [3.8, 4) is 5.75 Å². The van der Waals surface area contributed by atoms with Crippen LogP contribution in [0.4, 0.5) is 0 Å². The fourth-order valence-electron chi connectivity index (χ4n) is 2.00. The average Bonchev–Trinajstić information content (AvgIpc) is 2.61. The molecule has 1 aliphatic heterocycles. The lowest BCUT2D eigenvalue weighted by molar-refractivity contribution is 0.141. The van der Waals surface area contributed by atoms with E-state index in [9.17, 15) is 5.11 Å². The molecule has 14 heavy (non-hydrogen) atoms. The Morgan fingerprint density at radius 3 is 2.93 bits per heavy atom. The van der Waals surface area contributed by atoms with E-state index in [4.69, 9.17) is 4.74 Å². The van der Waals surface area contributed by atoms with Gasteiger partial charge < -0.3 is 9.84 Å². The molecular weight excluding hydrogens is 176 g/mol. The monoisotopic (exact) mass is 186 g/mol. The van der Waals surface area contributed by atoms with Crippen molar-refractivity contribution in [2.24, 2.45) is 0 Å². The number of fused-ring (bicyclic) bond motifs is 3. The summed E-state index contributed by atoms with van der Waals surface area (Å²) in [5, 5.41) is 12.0. The highest BCUT2D eigenvalue weighted by Gasteiger charge is 2.23. The van der Waals surface area contributed by atoms with Gasteiger partial charge in [-0.2, -0.15) is 0 Å². The van der Waals surface area contributed by atoms with Gasteiger partial charge in [-0.3, -0.25) is 0 Å². The molecule has 1 unspecified atom stereocenters. The molecule has 0 aromatic heterocycles. The van der Waals surface area contributed by atoms with Crippen molar-refractivity contribution >= 4 is 10.8 Å². The molecule has 1 aliphatic rings. The van der Waals surface area contributed by atoms with Gasteiger partial charge in [0.05, 0.1) is 0 Å². The first-order chi connectivity index (χ1) is 6.86. The van der Waals surface area contributed by atoms with Gasteiger partial charge in [0, 0.05) is 5.56 Å². The Kier molecular flexibility index (Phi) is 1.52. The second-order valence-electron chi connectivity index (χ2n) is 3.53. The van der Waals surface area contributed by atoms with Gasteiger partial charge in [-0.05, 0) is 16.8 Å². The van der Waals surface area contributed by atoms with Crippen molar-refractivity contribution in [3.05, 3.63) is 42.0 Å². The van der Waals surface area contributed by atoms with Gasteiger partial charge in [0.15, 0.2) is 0 Å². The summed E-state index contributed by atoms with van der Waals surface area (Å²) in [6.45, 7) is 0.378. The first-order valence-electron chi connectivity index (χ1n) is 4.69. The Hall–Kier alpha value is -1.54.